The highest BCUT2D eigenvalue weighted by Gasteiger charge is 2.23. The Balaban J connectivity index is 1.81. The van der Waals surface area contributed by atoms with E-state index in [0.29, 0.717) is 18.4 Å². The molecule has 0 unspecified atom stereocenters. The van der Waals surface area contributed by atoms with Crippen LogP contribution in [0.25, 0.3) is 0 Å². The summed E-state index contributed by atoms with van der Waals surface area (Å²) in [5.74, 6) is -0.961. The number of nitrogens with zero attached hydrogens (tertiary/aromatic N) is 1. The van der Waals surface area contributed by atoms with Crippen molar-refractivity contribution in [3.8, 4) is 5.75 Å². The van der Waals surface area contributed by atoms with E-state index in [0.717, 1.165) is 28.6 Å². The molecule has 7 heteroatoms. The Bertz CT molecular complexity index is 874. The quantitative estimate of drug-likeness (QED) is 0.555. The first-order chi connectivity index (χ1) is 11.6. The second kappa shape index (κ2) is 7.00. The highest BCUT2D eigenvalue weighted by molar-refractivity contribution is 9.10. The lowest BCUT2D eigenvalue weighted by molar-refractivity contribution is 0.0950. The first-order valence-electron chi connectivity index (χ1n) is 7.62. The van der Waals surface area contributed by atoms with Crippen LogP contribution in [0.4, 0.5) is 0 Å². The molecule has 3 N–H and O–H groups in total. The van der Waals surface area contributed by atoms with Gasteiger partial charge < -0.3 is 10.1 Å². The molecule has 1 aliphatic carbocycles. The van der Waals surface area contributed by atoms with E-state index in [4.69, 9.17) is 0 Å². The van der Waals surface area contributed by atoms with Crippen LogP contribution in [0.3, 0.4) is 0 Å². The van der Waals surface area contributed by atoms with Crippen molar-refractivity contribution in [3.05, 3.63) is 61.5 Å². The van der Waals surface area contributed by atoms with Gasteiger partial charge in [0.05, 0.1) is 6.21 Å². The fourth-order valence-electron chi connectivity index (χ4n) is 2.78. The van der Waals surface area contributed by atoms with E-state index in [1.54, 1.807) is 0 Å². The van der Waals surface area contributed by atoms with E-state index < -0.39 is 11.5 Å². The molecule has 0 spiro atoms. The fraction of sp³-hybridized carbons (Fsp3) is 0.235. The number of hydrazone groups is 1. The summed E-state index contributed by atoms with van der Waals surface area (Å²) < 4.78 is 0.890. The predicted octanol–water partition coefficient (Wildman–Crippen LogP) is 2.49. The van der Waals surface area contributed by atoms with Crippen LogP contribution in [-0.4, -0.2) is 22.2 Å². The Morgan fingerprint density at radius 3 is 2.92 bits per heavy atom. The normalized spacial score (nSPS) is 13.7. The third-order valence-corrected chi connectivity index (χ3v) is 4.43. The molecule has 1 aliphatic rings. The van der Waals surface area contributed by atoms with Gasteiger partial charge in [-0.25, -0.2) is 5.43 Å². The number of fused-ring (bicyclic) bond motifs is 1. The highest BCUT2D eigenvalue weighted by Crippen LogP contribution is 2.28. The Labute approximate surface area is 146 Å². The molecule has 1 amide bonds. The summed E-state index contributed by atoms with van der Waals surface area (Å²) in [5, 5.41) is 14.1. The van der Waals surface area contributed by atoms with Crippen molar-refractivity contribution in [2.24, 2.45) is 5.10 Å². The molecule has 0 fully saturated rings. The van der Waals surface area contributed by atoms with Gasteiger partial charge in [-0.2, -0.15) is 5.10 Å². The zero-order valence-corrected chi connectivity index (χ0v) is 14.4. The van der Waals surface area contributed by atoms with E-state index in [-0.39, 0.29) is 11.3 Å². The maximum Gasteiger partial charge on any atom is 0.280 e. The predicted molar refractivity (Wildman–Crippen MR) is 94.6 cm³/mol. The number of carbonyl (C=O) groups excluding carboxylic acids is 1. The minimum Gasteiger partial charge on any atom is -0.507 e. The molecule has 2 aromatic rings. The maximum absolute atomic E-state index is 12.2. The first-order valence-corrected chi connectivity index (χ1v) is 8.41. The molecule has 1 heterocycles. The van der Waals surface area contributed by atoms with Crippen molar-refractivity contribution in [1.82, 2.24) is 10.4 Å². The summed E-state index contributed by atoms with van der Waals surface area (Å²) >= 11 is 3.35. The molecular weight excluding hydrogens is 374 g/mol. The van der Waals surface area contributed by atoms with Gasteiger partial charge in [-0.15, -0.1) is 0 Å². The SMILES string of the molecule is O=C(NN=Cc1cccc(Br)c1)c1c(O)c2c([nH]c1=O)CCCC2. The number of nitrogens with one attached hydrogen (secondary N) is 2. The topological polar surface area (TPSA) is 94.5 Å². The molecule has 1 aromatic carbocycles. The van der Waals surface area contributed by atoms with Crippen LogP contribution in [0.2, 0.25) is 0 Å². The molecule has 0 radical (unpaired) electrons. The number of halogens is 1. The van der Waals surface area contributed by atoms with Gasteiger partial charge in [-0.05, 0) is 43.4 Å². The average molecular weight is 390 g/mol. The first kappa shape index (κ1) is 16.4. The summed E-state index contributed by atoms with van der Waals surface area (Å²) in [7, 11) is 0. The maximum atomic E-state index is 12.2. The lowest BCUT2D eigenvalue weighted by Gasteiger charge is -2.17. The van der Waals surface area contributed by atoms with Gasteiger partial charge >= 0.3 is 0 Å². The molecule has 3 rings (SSSR count). The molecule has 1 aromatic heterocycles. The highest BCUT2D eigenvalue weighted by atomic mass is 79.9. The van der Waals surface area contributed by atoms with Crippen molar-refractivity contribution in [3.63, 3.8) is 0 Å². The Kier molecular flexibility index (Phi) is 4.80. The second-order valence-corrected chi connectivity index (χ2v) is 6.51. The number of aryl methyl sites for hydroxylation is 1. The van der Waals surface area contributed by atoms with Crippen molar-refractivity contribution in [2.45, 2.75) is 25.7 Å². The van der Waals surface area contributed by atoms with Crippen LogP contribution in [0, 0.1) is 0 Å². The molecule has 0 saturated heterocycles. The van der Waals surface area contributed by atoms with Gasteiger partial charge in [0.15, 0.2) is 0 Å². The van der Waals surface area contributed by atoms with Gasteiger partial charge in [0.1, 0.15) is 11.3 Å². The van der Waals surface area contributed by atoms with Gasteiger partial charge in [-0.1, -0.05) is 28.1 Å². The Morgan fingerprint density at radius 1 is 1.33 bits per heavy atom. The number of rotatable bonds is 3. The van der Waals surface area contributed by atoms with Gasteiger partial charge in [0.25, 0.3) is 11.5 Å². The van der Waals surface area contributed by atoms with E-state index in [9.17, 15) is 14.7 Å². The molecule has 124 valence electrons. The van der Waals surface area contributed by atoms with E-state index in [2.05, 4.69) is 31.4 Å². The summed E-state index contributed by atoms with van der Waals surface area (Å²) in [6.45, 7) is 0. The third kappa shape index (κ3) is 3.41. The molecule has 0 atom stereocenters. The molecule has 0 aliphatic heterocycles. The second-order valence-electron chi connectivity index (χ2n) is 5.60. The largest absolute Gasteiger partial charge is 0.507 e. The van der Waals surface area contributed by atoms with Gasteiger partial charge in [0, 0.05) is 15.7 Å². The van der Waals surface area contributed by atoms with Crippen LogP contribution in [-0.2, 0) is 12.8 Å². The summed E-state index contributed by atoms with van der Waals surface area (Å²) in [6.07, 6.45) is 4.71. The number of aromatic nitrogens is 1. The summed E-state index contributed by atoms with van der Waals surface area (Å²) in [5.41, 5.74) is 3.57. The molecule has 0 bridgehead atoms. The third-order valence-electron chi connectivity index (χ3n) is 3.94. The smallest absolute Gasteiger partial charge is 0.280 e. The lowest BCUT2D eigenvalue weighted by atomic mass is 9.94. The number of pyridine rings is 1. The van der Waals surface area contributed by atoms with Crippen LogP contribution < -0.4 is 11.0 Å². The number of benzene rings is 1. The number of aromatic hydroxyl groups is 1. The van der Waals surface area contributed by atoms with E-state index in [1.165, 1.54) is 6.21 Å². The summed E-state index contributed by atoms with van der Waals surface area (Å²) in [6, 6.07) is 7.37. The molecular formula is C17H16BrN3O3. The van der Waals surface area contributed by atoms with Crippen molar-refractivity contribution in [2.75, 3.05) is 0 Å². The minimum atomic E-state index is -0.728. The van der Waals surface area contributed by atoms with Crippen molar-refractivity contribution >= 4 is 28.1 Å². The molecule has 24 heavy (non-hydrogen) atoms. The van der Waals surface area contributed by atoms with Crippen LogP contribution in [0.1, 0.15) is 40.0 Å². The minimum absolute atomic E-state index is 0.233. The fourth-order valence-corrected chi connectivity index (χ4v) is 3.20. The Morgan fingerprint density at radius 2 is 2.12 bits per heavy atom. The Hall–Kier alpha value is -2.41. The van der Waals surface area contributed by atoms with E-state index in [1.807, 2.05) is 24.3 Å². The van der Waals surface area contributed by atoms with Crippen molar-refractivity contribution in [1.29, 1.82) is 0 Å². The van der Waals surface area contributed by atoms with Crippen LogP contribution in [0.15, 0.2) is 38.6 Å². The van der Waals surface area contributed by atoms with Gasteiger partial charge in [-0.3, -0.25) is 9.59 Å². The number of aromatic amines is 1. The van der Waals surface area contributed by atoms with Gasteiger partial charge in [0.2, 0.25) is 0 Å². The number of hydrogen-bond donors (Lipinski definition) is 3. The van der Waals surface area contributed by atoms with E-state index >= 15 is 0 Å². The number of H-pyrrole nitrogens is 1. The number of carbonyl (C=O) groups is 1. The van der Waals surface area contributed by atoms with Crippen LogP contribution >= 0.6 is 15.9 Å². The number of amides is 1. The molecule has 0 saturated carbocycles. The number of hydrogen-bond acceptors (Lipinski definition) is 4. The lowest BCUT2D eigenvalue weighted by Crippen LogP contribution is -2.29. The zero-order valence-electron chi connectivity index (χ0n) is 12.8. The van der Waals surface area contributed by atoms with Crippen molar-refractivity contribution < 1.29 is 9.90 Å². The zero-order chi connectivity index (χ0) is 17.1. The van der Waals surface area contributed by atoms with Crippen LogP contribution in [0.5, 0.6) is 5.75 Å². The molecule has 6 nitrogen and oxygen atoms in total. The summed E-state index contributed by atoms with van der Waals surface area (Å²) in [4.78, 5) is 27.0. The monoisotopic (exact) mass is 389 g/mol. The average Bonchev–Trinajstić information content (AvgIpc) is 2.55. The standard InChI is InChI=1S/C17H16BrN3O3/c18-11-5-3-4-10(8-11)9-19-21-17(24)14-15(22)12-6-1-2-7-13(12)20-16(14)23/h3-5,8-9H,1-2,6-7H2,(H,21,24)(H2,20,22,23).